The number of fused-ring (bicyclic) bond motifs is 1. The Morgan fingerprint density at radius 2 is 2.19 bits per heavy atom. The van der Waals surface area contributed by atoms with Crippen molar-refractivity contribution in [2.45, 2.75) is 24.0 Å². The van der Waals surface area contributed by atoms with Gasteiger partial charge in [-0.1, -0.05) is 41.6 Å². The maximum absolute atomic E-state index is 12.4. The first kappa shape index (κ1) is 17.9. The van der Waals surface area contributed by atoms with Crippen molar-refractivity contribution in [1.29, 1.82) is 0 Å². The van der Waals surface area contributed by atoms with E-state index < -0.39 is 0 Å². The first-order chi connectivity index (χ1) is 13.1. The van der Waals surface area contributed by atoms with Crippen LogP contribution in [0.2, 0.25) is 5.02 Å². The maximum Gasteiger partial charge on any atom is 0.230 e. The zero-order chi connectivity index (χ0) is 18.8. The number of thioether (sulfide) groups is 1. The molecule has 2 aromatic carbocycles. The monoisotopic (exact) mass is 400 g/mol. The lowest BCUT2D eigenvalue weighted by atomic mass is 10.1. The smallest absolute Gasteiger partial charge is 0.230 e. The average molecular weight is 401 g/mol. The lowest BCUT2D eigenvalue weighted by Crippen LogP contribution is -2.28. The lowest BCUT2D eigenvalue weighted by Gasteiger charge is -2.14. The van der Waals surface area contributed by atoms with Gasteiger partial charge in [-0.05, 0) is 48.2 Å². The molecule has 1 atom stereocenters. The van der Waals surface area contributed by atoms with Gasteiger partial charge in [0.2, 0.25) is 5.91 Å². The Bertz CT molecular complexity index is 991. The van der Waals surface area contributed by atoms with Crippen LogP contribution in [0.25, 0.3) is 5.69 Å². The number of hydrogen-bond acceptors (Lipinski definition) is 5. The number of amides is 1. The minimum absolute atomic E-state index is 0.0639. The Hall–Kier alpha value is -2.51. The first-order valence-corrected chi connectivity index (χ1v) is 9.87. The average Bonchev–Trinajstić information content (AvgIpc) is 3.28. The summed E-state index contributed by atoms with van der Waals surface area (Å²) in [6.07, 6.45) is 3.16. The fourth-order valence-electron chi connectivity index (χ4n) is 3.28. The summed E-state index contributed by atoms with van der Waals surface area (Å²) in [5, 5.41) is 22.2. The quantitative estimate of drug-likeness (QED) is 0.640. The fraction of sp³-hybridized carbons (Fsp3) is 0.211. The van der Waals surface area contributed by atoms with Crippen LogP contribution < -0.4 is 5.32 Å². The van der Waals surface area contributed by atoms with E-state index in [9.17, 15) is 9.90 Å². The highest BCUT2D eigenvalue weighted by atomic mass is 35.5. The van der Waals surface area contributed by atoms with Crippen LogP contribution in [-0.4, -0.2) is 31.5 Å². The number of phenolic OH excluding ortho intramolecular Hbond substituents is 1. The third-order valence-corrected chi connectivity index (χ3v) is 5.69. The van der Waals surface area contributed by atoms with Crippen LogP contribution >= 0.6 is 23.4 Å². The molecule has 138 valence electrons. The van der Waals surface area contributed by atoms with E-state index in [1.165, 1.54) is 11.8 Å². The standard InChI is InChI=1S/C19H17ClN4O2S/c20-12-3-1-4-13(9-12)24-11-21-23-19(24)27-10-18(26)22-16-8-7-15-14(16)5-2-6-17(15)25/h1-6,9,11,16,25H,7-8,10H2,(H,22,26). The van der Waals surface area contributed by atoms with E-state index in [-0.39, 0.29) is 17.7 Å². The highest BCUT2D eigenvalue weighted by molar-refractivity contribution is 7.99. The summed E-state index contributed by atoms with van der Waals surface area (Å²) in [5.41, 5.74) is 2.77. The number of benzene rings is 2. The number of carbonyl (C=O) groups is 1. The number of aromatic hydroxyl groups is 1. The van der Waals surface area contributed by atoms with Crippen LogP contribution in [0.15, 0.2) is 53.9 Å². The first-order valence-electron chi connectivity index (χ1n) is 8.50. The third kappa shape index (κ3) is 3.79. The van der Waals surface area contributed by atoms with Gasteiger partial charge in [-0.15, -0.1) is 10.2 Å². The molecule has 6 nitrogen and oxygen atoms in total. The molecule has 0 fully saturated rings. The Balaban J connectivity index is 1.40. The zero-order valence-electron chi connectivity index (χ0n) is 14.3. The molecule has 1 heterocycles. The SMILES string of the molecule is O=C(CSc1nncn1-c1cccc(Cl)c1)NC1CCc2c(O)cccc21. The summed E-state index contributed by atoms with van der Waals surface area (Å²) in [6.45, 7) is 0. The number of hydrogen-bond donors (Lipinski definition) is 2. The van der Waals surface area contributed by atoms with Crippen molar-refractivity contribution in [3.8, 4) is 11.4 Å². The summed E-state index contributed by atoms with van der Waals surface area (Å²) >= 11 is 7.36. The van der Waals surface area contributed by atoms with Crippen LogP contribution in [0.3, 0.4) is 0 Å². The number of phenols is 1. The Morgan fingerprint density at radius 1 is 1.33 bits per heavy atom. The summed E-state index contributed by atoms with van der Waals surface area (Å²) in [6, 6.07) is 12.8. The number of rotatable bonds is 5. The normalized spacial score (nSPS) is 15.5. The Labute approximate surface area is 165 Å². The van der Waals surface area contributed by atoms with Crippen molar-refractivity contribution in [3.63, 3.8) is 0 Å². The second-order valence-corrected chi connectivity index (χ2v) is 7.63. The minimum atomic E-state index is -0.0816. The molecular formula is C19H17ClN4O2S. The van der Waals surface area contributed by atoms with E-state index in [1.807, 2.05) is 24.3 Å². The molecule has 0 saturated heterocycles. The Kier molecular flexibility index (Phi) is 5.05. The molecule has 0 radical (unpaired) electrons. The second-order valence-electron chi connectivity index (χ2n) is 6.26. The molecule has 0 spiro atoms. The highest BCUT2D eigenvalue weighted by Gasteiger charge is 2.26. The van der Waals surface area contributed by atoms with E-state index in [2.05, 4.69) is 15.5 Å². The van der Waals surface area contributed by atoms with Crippen LogP contribution in [0.5, 0.6) is 5.75 Å². The van der Waals surface area contributed by atoms with E-state index in [1.54, 1.807) is 29.1 Å². The van der Waals surface area contributed by atoms with Crippen LogP contribution in [-0.2, 0) is 11.2 Å². The molecule has 27 heavy (non-hydrogen) atoms. The van der Waals surface area contributed by atoms with Crippen molar-refractivity contribution in [1.82, 2.24) is 20.1 Å². The molecule has 1 amide bonds. The van der Waals surface area contributed by atoms with Crippen LogP contribution in [0, 0.1) is 0 Å². The number of nitrogens with zero attached hydrogens (tertiary/aromatic N) is 3. The van der Waals surface area contributed by atoms with Gasteiger partial charge in [0.15, 0.2) is 5.16 Å². The predicted octanol–water partition coefficient (Wildman–Crippen LogP) is 3.52. The molecule has 1 unspecified atom stereocenters. The van der Waals surface area contributed by atoms with Crippen molar-refractivity contribution >= 4 is 29.3 Å². The van der Waals surface area contributed by atoms with Gasteiger partial charge in [0.25, 0.3) is 0 Å². The molecule has 2 N–H and O–H groups in total. The van der Waals surface area contributed by atoms with E-state index >= 15 is 0 Å². The number of halogens is 1. The number of nitrogens with one attached hydrogen (secondary N) is 1. The fourth-order valence-corrected chi connectivity index (χ4v) is 4.20. The summed E-state index contributed by atoms with van der Waals surface area (Å²) in [5.74, 6) is 0.444. The van der Waals surface area contributed by atoms with Crippen molar-refractivity contribution < 1.29 is 9.90 Å². The lowest BCUT2D eigenvalue weighted by molar-refractivity contribution is -0.119. The Morgan fingerprint density at radius 3 is 3.04 bits per heavy atom. The maximum atomic E-state index is 12.4. The van der Waals surface area contributed by atoms with E-state index in [0.717, 1.165) is 29.7 Å². The third-order valence-electron chi connectivity index (χ3n) is 4.52. The van der Waals surface area contributed by atoms with Crippen LogP contribution in [0.1, 0.15) is 23.6 Å². The molecule has 1 aromatic heterocycles. The van der Waals surface area contributed by atoms with Gasteiger partial charge in [-0.3, -0.25) is 9.36 Å². The van der Waals surface area contributed by atoms with Crippen molar-refractivity contribution in [3.05, 3.63) is 64.9 Å². The summed E-state index contributed by atoms with van der Waals surface area (Å²) in [4.78, 5) is 12.4. The predicted molar refractivity (Wildman–Crippen MR) is 104 cm³/mol. The topological polar surface area (TPSA) is 80.0 Å². The van der Waals surface area contributed by atoms with Gasteiger partial charge in [0.1, 0.15) is 12.1 Å². The van der Waals surface area contributed by atoms with Gasteiger partial charge in [-0.25, -0.2) is 0 Å². The largest absolute Gasteiger partial charge is 0.508 e. The summed E-state index contributed by atoms with van der Waals surface area (Å²) in [7, 11) is 0. The van der Waals surface area contributed by atoms with Gasteiger partial charge < -0.3 is 10.4 Å². The molecule has 4 rings (SSSR count). The van der Waals surface area contributed by atoms with Gasteiger partial charge in [0, 0.05) is 5.02 Å². The van der Waals surface area contributed by atoms with E-state index in [4.69, 9.17) is 11.6 Å². The molecule has 0 aliphatic heterocycles. The van der Waals surface area contributed by atoms with Gasteiger partial charge >= 0.3 is 0 Å². The molecular weight excluding hydrogens is 384 g/mol. The second kappa shape index (κ2) is 7.62. The summed E-state index contributed by atoms with van der Waals surface area (Å²) < 4.78 is 1.80. The van der Waals surface area contributed by atoms with Gasteiger partial charge in [0.05, 0.1) is 17.5 Å². The number of carbonyl (C=O) groups excluding carboxylic acids is 1. The van der Waals surface area contributed by atoms with Crippen molar-refractivity contribution in [2.75, 3.05) is 5.75 Å². The zero-order valence-corrected chi connectivity index (χ0v) is 15.9. The molecule has 8 heteroatoms. The molecule has 1 aliphatic carbocycles. The van der Waals surface area contributed by atoms with Crippen molar-refractivity contribution in [2.24, 2.45) is 0 Å². The molecule has 1 aliphatic rings. The molecule has 3 aromatic rings. The molecule has 0 bridgehead atoms. The van der Waals surface area contributed by atoms with Gasteiger partial charge in [-0.2, -0.15) is 0 Å². The molecule has 0 saturated carbocycles. The number of aromatic nitrogens is 3. The highest BCUT2D eigenvalue weighted by Crippen LogP contribution is 2.36. The van der Waals surface area contributed by atoms with E-state index in [0.29, 0.717) is 15.9 Å². The minimum Gasteiger partial charge on any atom is -0.508 e. The van der Waals surface area contributed by atoms with Crippen LogP contribution in [0.4, 0.5) is 0 Å².